The van der Waals surface area contributed by atoms with E-state index in [4.69, 9.17) is 0 Å². The third-order valence-electron chi connectivity index (χ3n) is 4.78. The number of carbonyl (C=O) groups excluding carboxylic acids is 2. The molecule has 1 fully saturated rings. The molecule has 1 aliphatic heterocycles. The second-order valence-electron chi connectivity index (χ2n) is 6.89. The Kier molecular flexibility index (Phi) is 6.01. The van der Waals surface area contributed by atoms with Gasteiger partial charge in [0, 0.05) is 19.2 Å². The van der Waals surface area contributed by atoms with Crippen LogP contribution in [0.1, 0.15) is 35.7 Å². The van der Waals surface area contributed by atoms with E-state index in [1.165, 1.54) is 18.2 Å². The van der Waals surface area contributed by atoms with Crippen molar-refractivity contribution in [2.75, 3.05) is 18.4 Å². The maximum atomic E-state index is 12.9. The smallest absolute Gasteiger partial charge is 0.255 e. The topological polar surface area (TPSA) is 49.4 Å². The Bertz CT molecular complexity index is 838. The molecule has 0 spiro atoms. The first kappa shape index (κ1) is 18.8. The van der Waals surface area contributed by atoms with Crippen molar-refractivity contribution in [3.05, 3.63) is 71.6 Å². The molecule has 1 saturated heterocycles. The first-order valence-electron chi connectivity index (χ1n) is 9.16. The second-order valence-corrected chi connectivity index (χ2v) is 6.89. The van der Waals surface area contributed by atoms with Crippen LogP contribution >= 0.6 is 0 Å². The molecule has 0 saturated carbocycles. The molecule has 27 heavy (non-hydrogen) atoms. The molecular formula is C22H23FN2O2. The standard InChI is InChI=1S/C22H23FN2O2/c1-16-12-14-25(15-13-16)22(27)19-4-2-3-5-20(19)24-21(26)11-8-17-6-9-18(23)10-7-17/h2-11,16H,12-15H2,1H3,(H,24,26). The Morgan fingerprint density at radius 2 is 1.74 bits per heavy atom. The number of rotatable bonds is 4. The minimum atomic E-state index is -0.341. The zero-order chi connectivity index (χ0) is 19.2. The summed E-state index contributed by atoms with van der Waals surface area (Å²) in [5, 5.41) is 2.77. The van der Waals surface area contributed by atoms with Crippen molar-refractivity contribution >= 4 is 23.6 Å². The van der Waals surface area contributed by atoms with Crippen molar-refractivity contribution in [2.24, 2.45) is 5.92 Å². The van der Waals surface area contributed by atoms with E-state index >= 15 is 0 Å². The maximum Gasteiger partial charge on any atom is 0.255 e. The highest BCUT2D eigenvalue weighted by Gasteiger charge is 2.23. The van der Waals surface area contributed by atoms with Crippen LogP contribution in [-0.4, -0.2) is 29.8 Å². The average molecular weight is 366 g/mol. The number of para-hydroxylation sites is 1. The molecule has 2 aromatic rings. The van der Waals surface area contributed by atoms with Gasteiger partial charge in [-0.3, -0.25) is 9.59 Å². The molecule has 0 bridgehead atoms. The molecule has 0 atom stereocenters. The van der Waals surface area contributed by atoms with Gasteiger partial charge >= 0.3 is 0 Å². The fourth-order valence-corrected chi connectivity index (χ4v) is 3.08. The second kappa shape index (κ2) is 8.62. The summed E-state index contributed by atoms with van der Waals surface area (Å²) in [6.45, 7) is 3.68. The van der Waals surface area contributed by atoms with E-state index in [0.717, 1.165) is 31.5 Å². The number of nitrogens with one attached hydrogen (secondary N) is 1. The lowest BCUT2D eigenvalue weighted by molar-refractivity contribution is -0.111. The van der Waals surface area contributed by atoms with Gasteiger partial charge in [0.05, 0.1) is 11.3 Å². The Hall–Kier alpha value is -2.95. The zero-order valence-corrected chi connectivity index (χ0v) is 15.3. The number of likely N-dealkylation sites (tertiary alicyclic amines) is 1. The molecule has 0 aliphatic carbocycles. The number of halogens is 1. The van der Waals surface area contributed by atoms with E-state index in [1.807, 2.05) is 4.90 Å². The summed E-state index contributed by atoms with van der Waals surface area (Å²) in [4.78, 5) is 26.9. The fourth-order valence-electron chi connectivity index (χ4n) is 3.08. The third kappa shape index (κ3) is 5.03. The average Bonchev–Trinajstić information content (AvgIpc) is 2.68. The van der Waals surface area contributed by atoms with Crippen LogP contribution in [0.4, 0.5) is 10.1 Å². The molecule has 5 heteroatoms. The van der Waals surface area contributed by atoms with E-state index in [1.54, 1.807) is 42.5 Å². The fraction of sp³-hybridized carbons (Fsp3) is 0.273. The Morgan fingerprint density at radius 3 is 2.44 bits per heavy atom. The van der Waals surface area contributed by atoms with Crippen LogP contribution in [0, 0.1) is 11.7 Å². The van der Waals surface area contributed by atoms with E-state index in [9.17, 15) is 14.0 Å². The van der Waals surface area contributed by atoms with E-state index in [-0.39, 0.29) is 17.6 Å². The summed E-state index contributed by atoms with van der Waals surface area (Å²) in [5.41, 5.74) is 1.71. The predicted octanol–water partition coefficient (Wildman–Crippen LogP) is 4.35. The van der Waals surface area contributed by atoms with Gasteiger partial charge in [0.1, 0.15) is 5.82 Å². The molecule has 3 rings (SSSR count). The van der Waals surface area contributed by atoms with Gasteiger partial charge in [-0.1, -0.05) is 31.2 Å². The van der Waals surface area contributed by atoms with E-state index in [0.29, 0.717) is 17.2 Å². The number of piperidine rings is 1. The summed E-state index contributed by atoms with van der Waals surface area (Å²) in [5.74, 6) is -0.0797. The minimum absolute atomic E-state index is 0.0553. The van der Waals surface area contributed by atoms with Crippen LogP contribution in [0.3, 0.4) is 0 Å². The largest absolute Gasteiger partial charge is 0.339 e. The van der Waals surface area contributed by atoms with Gasteiger partial charge < -0.3 is 10.2 Å². The molecular weight excluding hydrogens is 343 g/mol. The van der Waals surface area contributed by atoms with Gasteiger partial charge in [0.2, 0.25) is 5.91 Å². The van der Waals surface area contributed by atoms with Gasteiger partial charge in [0.15, 0.2) is 0 Å². The molecule has 2 amide bonds. The van der Waals surface area contributed by atoms with Crippen molar-refractivity contribution in [3.63, 3.8) is 0 Å². The maximum absolute atomic E-state index is 12.9. The first-order chi connectivity index (χ1) is 13.0. The SMILES string of the molecule is CC1CCN(C(=O)c2ccccc2NC(=O)C=Cc2ccc(F)cc2)CC1. The van der Waals surface area contributed by atoms with Crippen molar-refractivity contribution < 1.29 is 14.0 Å². The van der Waals surface area contributed by atoms with Gasteiger partial charge in [-0.25, -0.2) is 4.39 Å². The Morgan fingerprint density at radius 1 is 1.07 bits per heavy atom. The molecule has 0 unspecified atom stereocenters. The van der Waals surface area contributed by atoms with Crippen LogP contribution in [0.25, 0.3) is 6.08 Å². The number of hydrogen-bond donors (Lipinski definition) is 1. The number of hydrogen-bond acceptors (Lipinski definition) is 2. The highest BCUT2D eigenvalue weighted by molar-refractivity contribution is 6.07. The normalized spacial score (nSPS) is 15.1. The lowest BCUT2D eigenvalue weighted by Gasteiger charge is -2.30. The molecule has 0 radical (unpaired) electrons. The molecule has 1 aliphatic rings. The number of benzene rings is 2. The van der Waals surface area contributed by atoms with Crippen molar-refractivity contribution in [2.45, 2.75) is 19.8 Å². The summed E-state index contributed by atoms with van der Waals surface area (Å²) >= 11 is 0. The van der Waals surface area contributed by atoms with E-state index < -0.39 is 0 Å². The van der Waals surface area contributed by atoms with Crippen LogP contribution in [0.15, 0.2) is 54.6 Å². The summed E-state index contributed by atoms with van der Waals surface area (Å²) in [6.07, 6.45) is 4.98. The van der Waals surface area contributed by atoms with Gasteiger partial charge in [-0.2, -0.15) is 0 Å². The molecule has 4 nitrogen and oxygen atoms in total. The predicted molar refractivity (Wildman–Crippen MR) is 105 cm³/mol. The Labute approximate surface area is 158 Å². The quantitative estimate of drug-likeness (QED) is 0.818. The summed E-state index contributed by atoms with van der Waals surface area (Å²) in [6, 6.07) is 12.9. The number of amides is 2. The molecule has 140 valence electrons. The van der Waals surface area contributed by atoms with Crippen LogP contribution in [0.2, 0.25) is 0 Å². The van der Waals surface area contributed by atoms with Crippen molar-refractivity contribution in [3.8, 4) is 0 Å². The Balaban J connectivity index is 1.69. The summed E-state index contributed by atoms with van der Waals surface area (Å²) in [7, 11) is 0. The van der Waals surface area contributed by atoms with Crippen molar-refractivity contribution in [1.82, 2.24) is 4.90 Å². The van der Waals surface area contributed by atoms with E-state index in [2.05, 4.69) is 12.2 Å². The van der Waals surface area contributed by atoms with Gasteiger partial charge in [-0.15, -0.1) is 0 Å². The zero-order valence-electron chi connectivity index (χ0n) is 15.3. The molecule has 1 N–H and O–H groups in total. The lowest BCUT2D eigenvalue weighted by Crippen LogP contribution is -2.38. The highest BCUT2D eigenvalue weighted by atomic mass is 19.1. The molecule has 2 aromatic carbocycles. The first-order valence-corrected chi connectivity index (χ1v) is 9.16. The van der Waals surface area contributed by atoms with Crippen LogP contribution in [0.5, 0.6) is 0 Å². The number of nitrogens with zero attached hydrogens (tertiary/aromatic N) is 1. The van der Waals surface area contributed by atoms with Crippen molar-refractivity contribution in [1.29, 1.82) is 0 Å². The minimum Gasteiger partial charge on any atom is -0.339 e. The van der Waals surface area contributed by atoms with Gasteiger partial charge in [-0.05, 0) is 54.7 Å². The molecule has 1 heterocycles. The number of anilines is 1. The summed E-state index contributed by atoms with van der Waals surface area (Å²) < 4.78 is 12.9. The highest BCUT2D eigenvalue weighted by Crippen LogP contribution is 2.22. The van der Waals surface area contributed by atoms with Crippen LogP contribution < -0.4 is 5.32 Å². The van der Waals surface area contributed by atoms with Gasteiger partial charge in [0.25, 0.3) is 5.91 Å². The third-order valence-corrected chi connectivity index (χ3v) is 4.78. The van der Waals surface area contributed by atoms with Crippen LogP contribution in [-0.2, 0) is 4.79 Å². The lowest BCUT2D eigenvalue weighted by atomic mass is 9.98. The monoisotopic (exact) mass is 366 g/mol. The number of carbonyl (C=O) groups is 2. The molecule has 0 aromatic heterocycles.